The van der Waals surface area contributed by atoms with Gasteiger partial charge in [-0.3, -0.25) is 0 Å². The van der Waals surface area contributed by atoms with Gasteiger partial charge in [0.25, 0.3) is 0 Å². The Kier molecular flexibility index (Phi) is 9.77. The Balaban J connectivity index is 0.000000270. The Morgan fingerprint density at radius 2 is 1.55 bits per heavy atom. The molecular formula is C42H38GeIrN4O-2. The molecule has 0 bridgehead atoms. The van der Waals surface area contributed by atoms with Crippen LogP contribution in [0.1, 0.15) is 26.3 Å². The summed E-state index contributed by atoms with van der Waals surface area (Å²) in [6, 6.07) is 41.5. The Morgan fingerprint density at radius 3 is 2.24 bits per heavy atom. The Bertz CT molecular complexity index is 2320. The molecule has 0 atom stereocenters. The van der Waals surface area contributed by atoms with Crippen molar-refractivity contribution in [3.63, 3.8) is 0 Å². The van der Waals surface area contributed by atoms with Crippen molar-refractivity contribution in [2.24, 2.45) is 0 Å². The van der Waals surface area contributed by atoms with Gasteiger partial charge in [0.1, 0.15) is 0 Å². The van der Waals surface area contributed by atoms with Crippen LogP contribution in [0.2, 0.25) is 17.3 Å². The number of hydrogen-bond acceptors (Lipinski definition) is 4. The first-order valence-corrected chi connectivity index (χ1v) is 23.6. The van der Waals surface area contributed by atoms with Gasteiger partial charge in [0.15, 0.2) is 0 Å². The van der Waals surface area contributed by atoms with Gasteiger partial charge in [0, 0.05) is 26.3 Å². The summed E-state index contributed by atoms with van der Waals surface area (Å²) < 4.78 is 10.2. The standard InChI is InChI=1S/C31H30GeN3O.C11H8N.Ir/c1-31(2,3)25-18-33-19-26-28(25)34-30(35(26)21-11-8-7-9-12-21)24-14-10-13-23-22-16-15-20(32(4,5)6)17-27(22)36-29(23)24;1-2-6-10(7-3-1)11-8-4-5-9-12-11;/h7-13,15-19H,1-6H3;1-6,8-9H;/q2*-1;. The molecule has 0 aliphatic carbocycles. The molecule has 0 fully saturated rings. The van der Waals surface area contributed by atoms with Gasteiger partial charge in [-0.25, -0.2) is 0 Å². The smallest absolute Gasteiger partial charge is 0.0160 e. The molecule has 0 spiro atoms. The quantitative estimate of drug-likeness (QED) is 0.131. The van der Waals surface area contributed by atoms with E-state index in [-0.39, 0.29) is 25.5 Å². The first-order valence-electron chi connectivity index (χ1n) is 16.3. The molecule has 0 saturated heterocycles. The first-order chi connectivity index (χ1) is 23.1. The van der Waals surface area contributed by atoms with Crippen LogP contribution >= 0.6 is 0 Å². The van der Waals surface area contributed by atoms with Gasteiger partial charge in [-0.1, -0.05) is 12.1 Å². The van der Waals surface area contributed by atoms with E-state index >= 15 is 0 Å². The van der Waals surface area contributed by atoms with Crippen LogP contribution < -0.4 is 4.40 Å². The predicted molar refractivity (Wildman–Crippen MR) is 201 cm³/mol. The molecule has 0 N–H and O–H groups in total. The minimum absolute atomic E-state index is 0. The third-order valence-electron chi connectivity index (χ3n) is 8.56. The molecule has 1 radical (unpaired) electrons. The summed E-state index contributed by atoms with van der Waals surface area (Å²) >= 11 is -2.00. The number of rotatable bonds is 4. The molecule has 8 aromatic rings. The summed E-state index contributed by atoms with van der Waals surface area (Å²) in [4.78, 5) is 14.1. The van der Waals surface area contributed by atoms with Crippen LogP contribution in [-0.2, 0) is 25.5 Å². The van der Waals surface area contributed by atoms with E-state index < -0.39 is 13.3 Å². The number of benzene rings is 4. The van der Waals surface area contributed by atoms with Crippen LogP contribution in [0.5, 0.6) is 0 Å². The number of fused-ring (bicyclic) bond motifs is 4. The molecule has 8 rings (SSSR count). The number of nitrogens with zero attached hydrogens (tertiary/aromatic N) is 4. The van der Waals surface area contributed by atoms with E-state index in [9.17, 15) is 0 Å². The molecule has 4 aromatic carbocycles. The van der Waals surface area contributed by atoms with Crippen molar-refractivity contribution in [1.82, 2.24) is 19.5 Å². The van der Waals surface area contributed by atoms with Crippen molar-refractivity contribution in [1.29, 1.82) is 0 Å². The maximum Gasteiger partial charge on any atom is 0.0160 e. The first kappa shape index (κ1) is 34.5. The van der Waals surface area contributed by atoms with Gasteiger partial charge in [-0.2, -0.15) is 0 Å². The van der Waals surface area contributed by atoms with Crippen molar-refractivity contribution in [2.45, 2.75) is 43.5 Å². The zero-order chi connectivity index (χ0) is 33.5. The molecule has 5 nitrogen and oxygen atoms in total. The zero-order valence-electron chi connectivity index (χ0n) is 28.6. The minimum Gasteiger partial charge on any atom is -0.305 e. The van der Waals surface area contributed by atoms with Crippen LogP contribution in [0.25, 0.3) is 61.3 Å². The molecule has 0 aliphatic rings. The fourth-order valence-electron chi connectivity index (χ4n) is 6.00. The summed E-state index contributed by atoms with van der Waals surface area (Å²) in [5.41, 5.74) is 8.63. The van der Waals surface area contributed by atoms with E-state index in [1.54, 1.807) is 6.20 Å². The third-order valence-corrected chi connectivity index (χ3v) is 12.9. The minimum atomic E-state index is -2.00. The topological polar surface area (TPSA) is 56.7 Å². The fourth-order valence-corrected chi connectivity index (χ4v) is 8.41. The van der Waals surface area contributed by atoms with Crippen molar-refractivity contribution < 1.29 is 24.5 Å². The van der Waals surface area contributed by atoms with Crippen LogP contribution in [0.15, 0.2) is 126 Å². The van der Waals surface area contributed by atoms with Crippen LogP contribution in [0.4, 0.5) is 0 Å². The van der Waals surface area contributed by atoms with Crippen LogP contribution in [0.3, 0.4) is 0 Å². The van der Waals surface area contributed by atoms with Crippen molar-refractivity contribution in [2.75, 3.05) is 0 Å². The van der Waals surface area contributed by atoms with E-state index in [4.69, 9.17) is 9.40 Å². The number of para-hydroxylation sites is 1. The molecule has 49 heavy (non-hydrogen) atoms. The zero-order valence-corrected chi connectivity index (χ0v) is 33.1. The van der Waals surface area contributed by atoms with Crippen molar-refractivity contribution in [3.8, 4) is 28.3 Å². The molecule has 0 saturated carbocycles. The van der Waals surface area contributed by atoms with Gasteiger partial charge in [-0.15, -0.1) is 35.9 Å². The van der Waals surface area contributed by atoms with Crippen LogP contribution in [0, 0.1) is 12.1 Å². The monoisotopic (exact) mass is 881 g/mol. The normalized spacial score (nSPS) is 11.7. The third kappa shape index (κ3) is 6.91. The molecule has 7 heteroatoms. The Morgan fingerprint density at radius 1 is 0.776 bits per heavy atom. The van der Waals surface area contributed by atoms with Gasteiger partial charge < -0.3 is 4.98 Å². The second-order valence-electron chi connectivity index (χ2n) is 14.1. The van der Waals surface area contributed by atoms with E-state index in [0.29, 0.717) is 0 Å². The second-order valence-corrected chi connectivity index (χ2v) is 24.7. The fraction of sp³-hybridized carbons (Fsp3) is 0.167. The van der Waals surface area contributed by atoms with Crippen LogP contribution in [-0.4, -0.2) is 32.8 Å². The Labute approximate surface area is 304 Å². The number of furan rings is 1. The van der Waals surface area contributed by atoms with E-state index in [2.05, 4.69) is 113 Å². The van der Waals surface area contributed by atoms with Gasteiger partial charge in [0.2, 0.25) is 0 Å². The molecule has 4 aromatic heterocycles. The van der Waals surface area contributed by atoms with Crippen molar-refractivity contribution >= 4 is 50.6 Å². The van der Waals surface area contributed by atoms with Crippen molar-refractivity contribution in [3.05, 3.63) is 139 Å². The number of hydrogen-bond donors (Lipinski definition) is 0. The maximum atomic E-state index is 6.59. The number of pyridine rings is 2. The maximum absolute atomic E-state index is 6.59. The number of aromatic nitrogens is 4. The largest absolute Gasteiger partial charge is 0.305 e. The average Bonchev–Trinajstić information content (AvgIpc) is 3.67. The predicted octanol–water partition coefficient (Wildman–Crippen LogP) is 10.2. The second kappa shape index (κ2) is 13.9. The van der Waals surface area contributed by atoms with E-state index in [0.717, 1.165) is 66.9 Å². The number of imidazole rings is 1. The molecule has 4 heterocycles. The van der Waals surface area contributed by atoms with E-state index in [1.807, 2.05) is 67.0 Å². The van der Waals surface area contributed by atoms with E-state index in [1.165, 1.54) is 4.40 Å². The molecular weight excluding hydrogens is 841 g/mol. The SMILES string of the molecule is CC(C)(C)c1cncc2c1nc(-c1[c-]ccc3c1oc1c[c]([Ge]([CH3])([CH3])[CH3])ccc13)n2-c1ccccc1.[Ir].[c-]1ccccc1-c1ccccn1. The molecule has 247 valence electrons. The van der Waals surface area contributed by atoms with Gasteiger partial charge in [-0.05, 0) is 11.8 Å². The average molecular weight is 880 g/mol. The molecule has 0 unspecified atom stereocenters. The summed E-state index contributed by atoms with van der Waals surface area (Å²) in [6.07, 6.45) is 5.64. The summed E-state index contributed by atoms with van der Waals surface area (Å²) in [5, 5.41) is 2.22. The van der Waals surface area contributed by atoms with Gasteiger partial charge in [0.05, 0.1) is 0 Å². The summed E-state index contributed by atoms with van der Waals surface area (Å²) in [7, 11) is 0. The molecule has 0 amide bonds. The summed E-state index contributed by atoms with van der Waals surface area (Å²) in [5.74, 6) is 8.04. The summed E-state index contributed by atoms with van der Waals surface area (Å²) in [6.45, 7) is 6.61. The Hall–Kier alpha value is -4.36. The van der Waals surface area contributed by atoms with Gasteiger partial charge >= 0.3 is 215 Å². The molecule has 0 aliphatic heterocycles.